The highest BCUT2D eigenvalue weighted by Crippen LogP contribution is 2.24. The van der Waals surface area contributed by atoms with Gasteiger partial charge in [-0.25, -0.2) is 0 Å². The highest BCUT2D eigenvalue weighted by atomic mass is 35.5. The molecule has 1 unspecified atom stereocenters. The van der Waals surface area contributed by atoms with Gasteiger partial charge in [0.1, 0.15) is 11.9 Å². The van der Waals surface area contributed by atoms with Crippen molar-refractivity contribution in [2.75, 3.05) is 0 Å². The van der Waals surface area contributed by atoms with Crippen LogP contribution < -0.4 is 0 Å². The predicted octanol–water partition coefficient (Wildman–Crippen LogP) is 3.83. The molecule has 0 spiro atoms. The molecule has 2 aromatic rings. The van der Waals surface area contributed by atoms with Crippen LogP contribution in [0.5, 0.6) is 0 Å². The van der Waals surface area contributed by atoms with Gasteiger partial charge in [-0.2, -0.15) is 0 Å². The molecule has 2 rings (SSSR count). The molecule has 3 heteroatoms. The third-order valence-corrected chi connectivity index (χ3v) is 3.04. The van der Waals surface area contributed by atoms with E-state index >= 15 is 0 Å². The fourth-order valence-corrected chi connectivity index (χ4v) is 1.99. The minimum Gasteiger partial charge on any atom is -0.447 e. The molecular weight excluding hydrogens is 236 g/mol. The van der Waals surface area contributed by atoms with Crippen molar-refractivity contribution in [2.45, 2.75) is 26.4 Å². The summed E-state index contributed by atoms with van der Waals surface area (Å²) < 4.78 is 5.20. The van der Waals surface area contributed by atoms with E-state index in [9.17, 15) is 5.11 Å². The van der Waals surface area contributed by atoms with Gasteiger partial charge in [0.25, 0.3) is 0 Å². The van der Waals surface area contributed by atoms with Crippen LogP contribution in [0.1, 0.15) is 28.6 Å². The van der Waals surface area contributed by atoms with Crippen molar-refractivity contribution >= 4 is 11.6 Å². The van der Waals surface area contributed by atoms with Crippen LogP contribution in [-0.2, 0) is 6.42 Å². The van der Waals surface area contributed by atoms with Gasteiger partial charge in [-0.1, -0.05) is 23.8 Å². The zero-order valence-corrected chi connectivity index (χ0v) is 10.7. The summed E-state index contributed by atoms with van der Waals surface area (Å²) in [6.45, 7) is 4.08. The Morgan fingerprint density at radius 3 is 2.65 bits per heavy atom. The van der Waals surface area contributed by atoms with Crippen molar-refractivity contribution in [3.63, 3.8) is 0 Å². The molecule has 17 heavy (non-hydrogen) atoms. The number of hydrogen-bond acceptors (Lipinski definition) is 2. The summed E-state index contributed by atoms with van der Waals surface area (Å²) in [5.41, 5.74) is 3.49. The molecule has 0 aliphatic heterocycles. The molecule has 2 nitrogen and oxygen atoms in total. The zero-order valence-electron chi connectivity index (χ0n) is 9.90. The third-order valence-electron chi connectivity index (χ3n) is 2.84. The maximum Gasteiger partial charge on any atom is 0.193 e. The lowest BCUT2D eigenvalue weighted by Gasteiger charge is -2.11. The summed E-state index contributed by atoms with van der Waals surface area (Å²) in [4.78, 5) is 0. The van der Waals surface area contributed by atoms with E-state index in [1.165, 1.54) is 11.1 Å². The SMILES string of the molecule is Cc1ccc(C)c(CC(O)c2ccc(Cl)o2)c1. The van der Waals surface area contributed by atoms with Crippen LogP contribution in [0.15, 0.2) is 34.7 Å². The van der Waals surface area contributed by atoms with Gasteiger partial charge in [-0.3, -0.25) is 0 Å². The minimum absolute atomic E-state index is 0.306. The summed E-state index contributed by atoms with van der Waals surface area (Å²) in [6, 6.07) is 9.56. The molecule has 0 fully saturated rings. The van der Waals surface area contributed by atoms with E-state index in [0.717, 1.165) is 5.56 Å². The lowest BCUT2D eigenvalue weighted by atomic mass is 9.99. The first-order valence-corrected chi connectivity index (χ1v) is 5.93. The second-order valence-corrected chi connectivity index (χ2v) is 4.66. The lowest BCUT2D eigenvalue weighted by molar-refractivity contribution is 0.150. The number of furan rings is 1. The van der Waals surface area contributed by atoms with E-state index in [-0.39, 0.29) is 0 Å². The van der Waals surface area contributed by atoms with Crippen molar-refractivity contribution in [3.8, 4) is 0 Å². The maximum absolute atomic E-state index is 10.1. The molecule has 1 aromatic carbocycles. The Hall–Kier alpha value is -1.25. The van der Waals surface area contributed by atoms with E-state index in [1.807, 2.05) is 13.8 Å². The normalized spacial score (nSPS) is 12.7. The van der Waals surface area contributed by atoms with E-state index in [1.54, 1.807) is 12.1 Å². The Balaban J connectivity index is 2.18. The standard InChI is InChI=1S/C14H15ClO2/c1-9-3-4-10(2)11(7-9)8-12(16)13-5-6-14(15)17-13/h3-7,12,16H,8H2,1-2H3. The van der Waals surface area contributed by atoms with Crippen molar-refractivity contribution in [1.29, 1.82) is 0 Å². The Bertz CT molecular complexity index is 517. The molecular formula is C14H15ClO2. The van der Waals surface area contributed by atoms with Crippen LogP contribution in [0.3, 0.4) is 0 Å². The summed E-state index contributed by atoms with van der Waals surface area (Å²) in [7, 11) is 0. The fourth-order valence-electron chi connectivity index (χ4n) is 1.84. The van der Waals surface area contributed by atoms with Crippen LogP contribution in [0, 0.1) is 13.8 Å². The van der Waals surface area contributed by atoms with Gasteiger partial charge in [-0.05, 0) is 48.7 Å². The average molecular weight is 251 g/mol. The number of hydrogen-bond donors (Lipinski definition) is 1. The summed E-state index contributed by atoms with van der Waals surface area (Å²) in [6.07, 6.45) is -0.111. The predicted molar refractivity (Wildman–Crippen MR) is 68.3 cm³/mol. The van der Waals surface area contributed by atoms with Crippen molar-refractivity contribution < 1.29 is 9.52 Å². The van der Waals surface area contributed by atoms with E-state index in [0.29, 0.717) is 17.4 Å². The topological polar surface area (TPSA) is 33.4 Å². The summed E-state index contributed by atoms with van der Waals surface area (Å²) in [5.74, 6) is 0.510. The van der Waals surface area contributed by atoms with Gasteiger partial charge in [0, 0.05) is 6.42 Å². The van der Waals surface area contributed by atoms with Gasteiger partial charge in [0.2, 0.25) is 0 Å². The van der Waals surface area contributed by atoms with Gasteiger partial charge in [-0.15, -0.1) is 0 Å². The number of aliphatic hydroxyl groups is 1. The monoisotopic (exact) mass is 250 g/mol. The molecule has 1 aromatic heterocycles. The number of halogens is 1. The second kappa shape index (κ2) is 4.94. The first-order valence-electron chi connectivity index (χ1n) is 5.55. The van der Waals surface area contributed by atoms with Crippen LogP contribution in [0.25, 0.3) is 0 Å². The number of aryl methyl sites for hydroxylation is 2. The quantitative estimate of drug-likeness (QED) is 0.898. The van der Waals surface area contributed by atoms with Crippen molar-refractivity contribution in [1.82, 2.24) is 0 Å². The second-order valence-electron chi connectivity index (χ2n) is 4.29. The van der Waals surface area contributed by atoms with Gasteiger partial charge in [0.15, 0.2) is 5.22 Å². The van der Waals surface area contributed by atoms with E-state index in [2.05, 4.69) is 18.2 Å². The Labute approximate surface area is 106 Å². The minimum atomic E-state index is -0.650. The third kappa shape index (κ3) is 2.90. The molecule has 0 radical (unpaired) electrons. The smallest absolute Gasteiger partial charge is 0.193 e. The van der Waals surface area contributed by atoms with Crippen molar-refractivity contribution in [3.05, 3.63) is 58.0 Å². The molecule has 0 amide bonds. The Morgan fingerprint density at radius 1 is 1.24 bits per heavy atom. The molecule has 0 saturated carbocycles. The molecule has 0 saturated heterocycles. The average Bonchev–Trinajstić information content (AvgIpc) is 2.70. The molecule has 1 N–H and O–H groups in total. The Morgan fingerprint density at radius 2 is 2.00 bits per heavy atom. The van der Waals surface area contributed by atoms with Gasteiger partial charge in [0.05, 0.1) is 0 Å². The fraction of sp³-hybridized carbons (Fsp3) is 0.286. The number of benzene rings is 1. The summed E-state index contributed by atoms with van der Waals surface area (Å²) >= 11 is 5.69. The molecule has 90 valence electrons. The van der Waals surface area contributed by atoms with Crippen LogP contribution >= 0.6 is 11.6 Å². The van der Waals surface area contributed by atoms with Crippen LogP contribution in [-0.4, -0.2) is 5.11 Å². The number of rotatable bonds is 3. The first-order chi connectivity index (χ1) is 8.06. The van der Waals surface area contributed by atoms with Crippen molar-refractivity contribution in [2.24, 2.45) is 0 Å². The largest absolute Gasteiger partial charge is 0.447 e. The lowest BCUT2D eigenvalue weighted by Crippen LogP contribution is -2.02. The molecule has 0 bridgehead atoms. The highest BCUT2D eigenvalue weighted by molar-refractivity contribution is 6.28. The maximum atomic E-state index is 10.1. The van der Waals surface area contributed by atoms with E-state index < -0.39 is 6.10 Å². The summed E-state index contributed by atoms with van der Waals surface area (Å²) in [5, 5.41) is 10.4. The first kappa shape index (κ1) is 12.2. The highest BCUT2D eigenvalue weighted by Gasteiger charge is 2.14. The molecule has 0 aliphatic carbocycles. The molecule has 1 atom stereocenters. The molecule has 0 aliphatic rings. The van der Waals surface area contributed by atoms with Gasteiger partial charge >= 0.3 is 0 Å². The number of aliphatic hydroxyl groups excluding tert-OH is 1. The van der Waals surface area contributed by atoms with E-state index in [4.69, 9.17) is 16.0 Å². The van der Waals surface area contributed by atoms with Crippen LogP contribution in [0.2, 0.25) is 5.22 Å². The Kier molecular flexibility index (Phi) is 3.55. The molecule has 1 heterocycles. The van der Waals surface area contributed by atoms with Crippen LogP contribution in [0.4, 0.5) is 0 Å². The zero-order chi connectivity index (χ0) is 12.4. The van der Waals surface area contributed by atoms with Gasteiger partial charge < -0.3 is 9.52 Å².